The Morgan fingerprint density at radius 2 is 1.43 bits per heavy atom. The Morgan fingerprint density at radius 1 is 0.900 bits per heavy atom. The molecule has 1 rings (SSSR count). The molecule has 0 aromatic heterocycles. The number of rotatable bonds is 17. The number of unbranched alkanes of at least 4 members (excludes halogenated alkanes) is 10. The van der Waals surface area contributed by atoms with Gasteiger partial charge in [-0.3, -0.25) is 14.9 Å². The molecule has 6 nitrogen and oxygen atoms in total. The van der Waals surface area contributed by atoms with Crippen LogP contribution in [0.3, 0.4) is 0 Å². The first-order valence-corrected chi connectivity index (χ1v) is 11.7. The minimum absolute atomic E-state index is 0.0917. The number of hydrogen-bond acceptors (Lipinski definition) is 4. The molecule has 0 saturated carbocycles. The summed E-state index contributed by atoms with van der Waals surface area (Å²) in [5.41, 5.74) is 3.81. The molecule has 1 N–H and O–H groups in total. The smallest absolute Gasteiger partial charge is 0.267 e. The van der Waals surface area contributed by atoms with Gasteiger partial charge in [0.2, 0.25) is 0 Å². The molecule has 0 radical (unpaired) electrons. The predicted octanol–water partition coefficient (Wildman–Crippen LogP) is 7.18. The third-order valence-corrected chi connectivity index (χ3v) is 5.27. The minimum atomic E-state index is -0.497. The summed E-state index contributed by atoms with van der Waals surface area (Å²) in [6.45, 7) is 4.44. The maximum atomic E-state index is 12.4. The molecule has 30 heavy (non-hydrogen) atoms. The highest BCUT2D eigenvalue weighted by atomic mass is 16.6. The van der Waals surface area contributed by atoms with Gasteiger partial charge in [0.15, 0.2) is 0 Å². The number of amides is 1. The van der Waals surface area contributed by atoms with Crippen LogP contribution in [0, 0.1) is 10.1 Å². The van der Waals surface area contributed by atoms with Gasteiger partial charge in [0.05, 0.1) is 4.92 Å². The monoisotopic (exact) mass is 417 g/mol. The summed E-state index contributed by atoms with van der Waals surface area (Å²) in [5.74, 6) is -0.401. The van der Waals surface area contributed by atoms with Crippen LogP contribution in [0.2, 0.25) is 0 Å². The lowest BCUT2D eigenvalue weighted by Crippen LogP contribution is -2.20. The first-order valence-electron chi connectivity index (χ1n) is 11.7. The van der Waals surface area contributed by atoms with Crippen molar-refractivity contribution in [2.24, 2.45) is 5.10 Å². The van der Waals surface area contributed by atoms with Crippen molar-refractivity contribution in [1.29, 1.82) is 0 Å². The lowest BCUT2D eigenvalue weighted by Gasteiger charge is -2.08. The van der Waals surface area contributed by atoms with Gasteiger partial charge in [0.1, 0.15) is 0 Å². The van der Waals surface area contributed by atoms with Crippen LogP contribution in [-0.2, 0) is 0 Å². The zero-order valence-electron chi connectivity index (χ0n) is 18.8. The molecule has 0 aliphatic heterocycles. The first kappa shape index (κ1) is 25.8. The molecule has 0 unspecified atom stereocenters. The molecule has 0 bridgehead atoms. The van der Waals surface area contributed by atoms with Gasteiger partial charge in [-0.05, 0) is 31.7 Å². The van der Waals surface area contributed by atoms with E-state index in [1.807, 2.05) is 0 Å². The highest BCUT2D eigenvalue weighted by Crippen LogP contribution is 2.14. The molecule has 1 aromatic carbocycles. The Kier molecular flexibility index (Phi) is 14.2. The first-order chi connectivity index (χ1) is 14.6. The molecule has 0 atom stereocenters. The number of benzene rings is 1. The van der Waals surface area contributed by atoms with Crippen LogP contribution in [0.4, 0.5) is 5.69 Å². The van der Waals surface area contributed by atoms with E-state index >= 15 is 0 Å². The second kappa shape index (κ2) is 16.5. The van der Waals surface area contributed by atoms with Gasteiger partial charge in [0.25, 0.3) is 11.6 Å². The van der Waals surface area contributed by atoms with E-state index in [2.05, 4.69) is 24.4 Å². The van der Waals surface area contributed by atoms with Crippen LogP contribution in [0.5, 0.6) is 0 Å². The van der Waals surface area contributed by atoms with Crippen molar-refractivity contribution in [2.45, 2.75) is 104 Å². The van der Waals surface area contributed by atoms with Gasteiger partial charge in [-0.1, -0.05) is 84.1 Å². The summed E-state index contributed by atoms with van der Waals surface area (Å²) < 4.78 is 0. The maximum absolute atomic E-state index is 12.4. The van der Waals surface area contributed by atoms with Crippen molar-refractivity contribution in [1.82, 2.24) is 5.43 Å². The number of carbonyl (C=O) groups is 1. The summed E-state index contributed by atoms with van der Waals surface area (Å²) in [6.07, 6.45) is 16.5. The number of nitro benzene ring substituents is 1. The molecule has 0 saturated heterocycles. The zero-order chi connectivity index (χ0) is 22.0. The number of hydrogen-bond donors (Lipinski definition) is 1. The SMILES string of the molecule is CCCCCCCCC(CCCCCCCC)=NNC(=O)c1cccc([N+](=O)[O-])c1. The maximum Gasteiger partial charge on any atom is 0.271 e. The van der Waals surface area contributed by atoms with Gasteiger partial charge < -0.3 is 0 Å². The summed E-state index contributed by atoms with van der Waals surface area (Å²) >= 11 is 0. The molecule has 1 amide bonds. The van der Waals surface area contributed by atoms with Gasteiger partial charge >= 0.3 is 0 Å². The molecule has 0 aliphatic rings. The fraction of sp³-hybridized carbons (Fsp3) is 0.667. The van der Waals surface area contributed by atoms with Crippen LogP contribution in [0.1, 0.15) is 114 Å². The molecule has 0 spiro atoms. The number of non-ortho nitro benzene ring substituents is 1. The molecular weight excluding hydrogens is 378 g/mol. The molecule has 0 fully saturated rings. The Bertz CT molecular complexity index is 641. The van der Waals surface area contributed by atoms with E-state index < -0.39 is 10.8 Å². The predicted molar refractivity (Wildman–Crippen MR) is 124 cm³/mol. The van der Waals surface area contributed by atoms with Gasteiger partial charge in [-0.25, -0.2) is 5.43 Å². The van der Waals surface area contributed by atoms with Crippen molar-refractivity contribution in [3.05, 3.63) is 39.9 Å². The van der Waals surface area contributed by atoms with Crippen molar-refractivity contribution in [3.63, 3.8) is 0 Å². The Hall–Kier alpha value is -2.24. The highest BCUT2D eigenvalue weighted by Gasteiger charge is 2.11. The number of nitrogens with one attached hydrogen (secondary N) is 1. The topological polar surface area (TPSA) is 84.6 Å². The molecule has 168 valence electrons. The fourth-order valence-electron chi connectivity index (χ4n) is 3.41. The summed E-state index contributed by atoms with van der Waals surface area (Å²) in [7, 11) is 0. The third-order valence-electron chi connectivity index (χ3n) is 5.27. The van der Waals surface area contributed by atoms with Crippen LogP contribution >= 0.6 is 0 Å². The van der Waals surface area contributed by atoms with Gasteiger partial charge in [-0.2, -0.15) is 5.10 Å². The highest BCUT2D eigenvalue weighted by molar-refractivity contribution is 5.96. The lowest BCUT2D eigenvalue weighted by molar-refractivity contribution is -0.384. The Balaban J connectivity index is 2.57. The number of nitro groups is 1. The molecule has 1 aromatic rings. The second-order valence-corrected chi connectivity index (χ2v) is 7.96. The van der Waals surface area contributed by atoms with Crippen LogP contribution in [0.25, 0.3) is 0 Å². The van der Waals surface area contributed by atoms with E-state index in [-0.39, 0.29) is 11.3 Å². The van der Waals surface area contributed by atoms with Crippen molar-refractivity contribution in [2.75, 3.05) is 0 Å². The summed E-state index contributed by atoms with van der Waals surface area (Å²) in [5, 5.41) is 15.3. The molecule has 6 heteroatoms. The molecule has 0 aliphatic carbocycles. The molecule has 0 heterocycles. The average molecular weight is 418 g/mol. The van der Waals surface area contributed by atoms with E-state index in [0.29, 0.717) is 0 Å². The van der Waals surface area contributed by atoms with Gasteiger partial charge in [0, 0.05) is 23.4 Å². The second-order valence-electron chi connectivity index (χ2n) is 7.96. The number of carbonyl (C=O) groups excluding carboxylic acids is 1. The van der Waals surface area contributed by atoms with Crippen LogP contribution < -0.4 is 5.43 Å². The van der Waals surface area contributed by atoms with E-state index in [4.69, 9.17) is 0 Å². The average Bonchev–Trinajstić information content (AvgIpc) is 2.75. The van der Waals surface area contributed by atoms with E-state index in [9.17, 15) is 14.9 Å². The third kappa shape index (κ3) is 11.7. The van der Waals surface area contributed by atoms with Crippen molar-refractivity contribution < 1.29 is 9.72 Å². The quantitative estimate of drug-likeness (QED) is 0.126. The van der Waals surface area contributed by atoms with Crippen molar-refractivity contribution in [3.8, 4) is 0 Å². The lowest BCUT2D eigenvalue weighted by atomic mass is 10.0. The zero-order valence-corrected chi connectivity index (χ0v) is 18.8. The van der Waals surface area contributed by atoms with E-state index in [1.54, 1.807) is 6.07 Å². The summed E-state index contributed by atoms with van der Waals surface area (Å²) in [4.78, 5) is 22.8. The van der Waals surface area contributed by atoms with E-state index in [0.717, 1.165) is 31.4 Å². The van der Waals surface area contributed by atoms with E-state index in [1.165, 1.54) is 82.4 Å². The molecular formula is C24H39N3O3. The minimum Gasteiger partial charge on any atom is -0.267 e. The Morgan fingerprint density at radius 3 is 1.97 bits per heavy atom. The fourth-order valence-corrected chi connectivity index (χ4v) is 3.41. The van der Waals surface area contributed by atoms with Crippen LogP contribution in [-0.4, -0.2) is 16.5 Å². The Labute approximate surface area is 181 Å². The van der Waals surface area contributed by atoms with Gasteiger partial charge in [-0.15, -0.1) is 0 Å². The summed E-state index contributed by atoms with van der Waals surface area (Å²) in [6, 6.07) is 5.75. The largest absolute Gasteiger partial charge is 0.271 e. The number of hydrazone groups is 1. The number of nitrogens with zero attached hydrogens (tertiary/aromatic N) is 2. The standard InChI is InChI=1S/C24H39N3O3/c1-3-5-7-9-11-13-17-22(18-14-12-10-8-6-4-2)25-26-24(28)21-16-15-19-23(20-21)27(29)30/h15-16,19-20H,3-14,17-18H2,1-2H3,(H,26,28). The normalized spacial score (nSPS) is 10.6. The van der Waals surface area contributed by atoms with Crippen molar-refractivity contribution >= 4 is 17.3 Å². The van der Waals surface area contributed by atoms with Crippen LogP contribution in [0.15, 0.2) is 29.4 Å².